The number of nitrogens with one attached hydrogen (secondary N) is 1. The Morgan fingerprint density at radius 1 is 1.32 bits per heavy atom. The fraction of sp³-hybridized carbons (Fsp3) is 0.143. The van der Waals surface area contributed by atoms with E-state index in [1.165, 1.54) is 12.3 Å². The molecule has 1 aromatic heterocycles. The van der Waals surface area contributed by atoms with Crippen LogP contribution in [-0.4, -0.2) is 10.9 Å². The van der Waals surface area contributed by atoms with E-state index in [-0.39, 0.29) is 11.6 Å². The van der Waals surface area contributed by atoms with Crippen LogP contribution in [0.2, 0.25) is 0 Å². The van der Waals surface area contributed by atoms with Crippen LogP contribution in [0.4, 0.5) is 10.1 Å². The normalized spacial score (nSPS) is 11.9. The third-order valence-corrected chi connectivity index (χ3v) is 2.71. The van der Waals surface area contributed by atoms with Gasteiger partial charge in [0.05, 0.1) is 11.8 Å². The van der Waals surface area contributed by atoms with E-state index in [2.05, 4.69) is 10.3 Å². The zero-order valence-electron chi connectivity index (χ0n) is 10.4. The van der Waals surface area contributed by atoms with E-state index in [1.54, 1.807) is 12.1 Å². The lowest BCUT2D eigenvalue weighted by Gasteiger charge is -2.08. The van der Waals surface area contributed by atoms with Gasteiger partial charge >= 0.3 is 0 Å². The van der Waals surface area contributed by atoms with Crippen molar-refractivity contribution in [1.82, 2.24) is 4.98 Å². The van der Waals surface area contributed by atoms with E-state index in [9.17, 15) is 9.18 Å². The van der Waals surface area contributed by atoms with Crippen molar-refractivity contribution in [2.75, 3.05) is 5.32 Å². The molecule has 1 unspecified atom stereocenters. The molecule has 1 heterocycles. The Morgan fingerprint density at radius 3 is 2.58 bits per heavy atom. The molecule has 1 aromatic carbocycles. The van der Waals surface area contributed by atoms with Crippen LogP contribution in [0.15, 0.2) is 42.7 Å². The number of hydrogen-bond acceptors (Lipinski definition) is 3. The molecule has 4 nitrogen and oxygen atoms in total. The van der Waals surface area contributed by atoms with Crippen LogP contribution in [0.25, 0.3) is 0 Å². The summed E-state index contributed by atoms with van der Waals surface area (Å²) >= 11 is 0. The number of nitrogens with zero attached hydrogens (tertiary/aromatic N) is 1. The van der Waals surface area contributed by atoms with Gasteiger partial charge in [-0.3, -0.25) is 9.78 Å². The predicted molar refractivity (Wildman–Crippen MR) is 71.2 cm³/mol. The van der Waals surface area contributed by atoms with Crippen molar-refractivity contribution in [2.45, 2.75) is 13.0 Å². The number of carbonyl (C=O) groups is 1. The molecule has 0 aliphatic rings. The van der Waals surface area contributed by atoms with Gasteiger partial charge in [0, 0.05) is 17.9 Å². The zero-order chi connectivity index (χ0) is 13.8. The van der Waals surface area contributed by atoms with Crippen molar-refractivity contribution >= 4 is 11.6 Å². The Balaban J connectivity index is 2.13. The summed E-state index contributed by atoms with van der Waals surface area (Å²) in [6.45, 7) is 1.87. The van der Waals surface area contributed by atoms with Gasteiger partial charge in [-0.1, -0.05) is 12.1 Å². The zero-order valence-corrected chi connectivity index (χ0v) is 10.4. The molecule has 2 aromatic rings. The maximum absolute atomic E-state index is 13.4. The minimum atomic E-state index is -0.646. The summed E-state index contributed by atoms with van der Waals surface area (Å²) in [5.74, 6) is -1.15. The van der Waals surface area contributed by atoms with Gasteiger partial charge in [-0.05, 0) is 30.7 Å². The highest BCUT2D eigenvalue weighted by molar-refractivity contribution is 6.04. The summed E-state index contributed by atoms with van der Waals surface area (Å²) < 4.78 is 13.4. The number of benzene rings is 1. The van der Waals surface area contributed by atoms with E-state index < -0.39 is 11.7 Å². The molecule has 0 aliphatic carbocycles. The maximum atomic E-state index is 13.4. The highest BCUT2D eigenvalue weighted by Gasteiger charge is 2.11. The van der Waals surface area contributed by atoms with Crippen molar-refractivity contribution in [1.29, 1.82) is 0 Å². The molecule has 1 atom stereocenters. The molecule has 0 saturated carbocycles. The first-order chi connectivity index (χ1) is 9.08. The quantitative estimate of drug-likeness (QED) is 0.889. The van der Waals surface area contributed by atoms with Crippen LogP contribution in [-0.2, 0) is 0 Å². The van der Waals surface area contributed by atoms with Crippen molar-refractivity contribution in [2.24, 2.45) is 5.73 Å². The van der Waals surface area contributed by atoms with Crippen molar-refractivity contribution in [3.63, 3.8) is 0 Å². The minimum absolute atomic E-state index is 0.0359. The number of nitrogens with two attached hydrogens (primary N) is 1. The first-order valence-electron chi connectivity index (χ1n) is 5.84. The number of amides is 1. The molecule has 2 rings (SSSR count). The largest absolute Gasteiger partial charge is 0.324 e. The fourth-order valence-corrected chi connectivity index (χ4v) is 1.63. The van der Waals surface area contributed by atoms with Gasteiger partial charge < -0.3 is 11.1 Å². The van der Waals surface area contributed by atoms with E-state index in [1.807, 2.05) is 19.1 Å². The lowest BCUT2D eigenvalue weighted by atomic mass is 10.1. The van der Waals surface area contributed by atoms with Gasteiger partial charge in [0.15, 0.2) is 5.82 Å². The van der Waals surface area contributed by atoms with Gasteiger partial charge in [0.1, 0.15) is 0 Å². The van der Waals surface area contributed by atoms with Gasteiger partial charge in [-0.15, -0.1) is 0 Å². The Labute approximate surface area is 110 Å². The average molecular weight is 259 g/mol. The standard InChI is InChI=1S/C14H14FN3O/c1-9(16)10-2-4-11(5-3-10)18-14(19)12-6-7-17-8-13(12)15/h2-9H,16H2,1H3,(H,18,19). The Kier molecular flexibility index (Phi) is 3.87. The highest BCUT2D eigenvalue weighted by atomic mass is 19.1. The molecule has 0 saturated heterocycles. The summed E-state index contributed by atoms with van der Waals surface area (Å²) in [6, 6.07) is 8.38. The second-order valence-electron chi connectivity index (χ2n) is 4.22. The summed E-state index contributed by atoms with van der Waals surface area (Å²) in [5.41, 5.74) is 7.25. The topological polar surface area (TPSA) is 68.0 Å². The third-order valence-electron chi connectivity index (χ3n) is 2.71. The van der Waals surface area contributed by atoms with E-state index in [0.29, 0.717) is 5.69 Å². The molecule has 1 amide bonds. The maximum Gasteiger partial charge on any atom is 0.258 e. The van der Waals surface area contributed by atoms with Crippen LogP contribution in [0.1, 0.15) is 28.9 Å². The summed E-state index contributed by atoms with van der Waals surface area (Å²) in [6.07, 6.45) is 2.38. The third kappa shape index (κ3) is 3.14. The molecule has 0 bridgehead atoms. The van der Waals surface area contributed by atoms with E-state index >= 15 is 0 Å². The molecule has 0 spiro atoms. The summed E-state index contributed by atoms with van der Waals surface area (Å²) in [5, 5.41) is 2.62. The molecule has 3 N–H and O–H groups in total. The van der Waals surface area contributed by atoms with E-state index in [0.717, 1.165) is 11.8 Å². The second-order valence-corrected chi connectivity index (χ2v) is 4.22. The van der Waals surface area contributed by atoms with Crippen LogP contribution < -0.4 is 11.1 Å². The van der Waals surface area contributed by atoms with Crippen molar-refractivity contribution in [3.05, 3.63) is 59.7 Å². The molecule has 5 heteroatoms. The fourth-order valence-electron chi connectivity index (χ4n) is 1.63. The Hall–Kier alpha value is -2.27. The second kappa shape index (κ2) is 5.58. The van der Waals surface area contributed by atoms with Crippen LogP contribution >= 0.6 is 0 Å². The Bertz CT molecular complexity index is 581. The van der Waals surface area contributed by atoms with Crippen LogP contribution in [0.5, 0.6) is 0 Å². The van der Waals surface area contributed by atoms with Crippen LogP contribution in [0.3, 0.4) is 0 Å². The number of rotatable bonds is 3. The van der Waals surface area contributed by atoms with Crippen molar-refractivity contribution in [3.8, 4) is 0 Å². The molecular weight excluding hydrogens is 245 g/mol. The van der Waals surface area contributed by atoms with Crippen LogP contribution in [0, 0.1) is 5.82 Å². The van der Waals surface area contributed by atoms with Gasteiger partial charge in [0.2, 0.25) is 0 Å². The Morgan fingerprint density at radius 2 is 2.00 bits per heavy atom. The number of carbonyl (C=O) groups excluding carboxylic acids is 1. The monoisotopic (exact) mass is 259 g/mol. The molecule has 0 aliphatic heterocycles. The lowest BCUT2D eigenvalue weighted by Crippen LogP contribution is -2.14. The lowest BCUT2D eigenvalue weighted by molar-refractivity contribution is 0.102. The molecule has 19 heavy (non-hydrogen) atoms. The molecule has 0 radical (unpaired) electrons. The van der Waals surface area contributed by atoms with Crippen molar-refractivity contribution < 1.29 is 9.18 Å². The molecule has 98 valence electrons. The first kappa shape index (κ1) is 13.2. The predicted octanol–water partition coefficient (Wildman–Crippen LogP) is 2.49. The summed E-state index contributed by atoms with van der Waals surface area (Å²) in [4.78, 5) is 15.4. The SMILES string of the molecule is CC(N)c1ccc(NC(=O)c2ccncc2F)cc1. The number of pyridine rings is 1. The smallest absolute Gasteiger partial charge is 0.258 e. The van der Waals surface area contributed by atoms with Gasteiger partial charge in [-0.25, -0.2) is 4.39 Å². The van der Waals surface area contributed by atoms with Gasteiger partial charge in [0.25, 0.3) is 5.91 Å². The van der Waals surface area contributed by atoms with E-state index in [4.69, 9.17) is 5.73 Å². The minimum Gasteiger partial charge on any atom is -0.324 e. The first-order valence-corrected chi connectivity index (χ1v) is 5.84. The number of aromatic nitrogens is 1. The van der Waals surface area contributed by atoms with Gasteiger partial charge in [-0.2, -0.15) is 0 Å². The number of hydrogen-bond donors (Lipinski definition) is 2. The average Bonchev–Trinajstić information content (AvgIpc) is 2.39. The summed E-state index contributed by atoms with van der Waals surface area (Å²) in [7, 11) is 0. The highest BCUT2D eigenvalue weighted by Crippen LogP contribution is 2.15. The molecule has 0 fully saturated rings. The molecular formula is C14H14FN3O. The number of anilines is 1. The number of halogens is 1.